The molecule has 3 rings (SSSR count). The van der Waals surface area contributed by atoms with E-state index in [1.807, 2.05) is 0 Å². The fourth-order valence-electron chi connectivity index (χ4n) is 3.14. The summed E-state index contributed by atoms with van der Waals surface area (Å²) in [7, 11) is 0. The molecular formula is C17H20FN5O. The van der Waals surface area contributed by atoms with Crippen LogP contribution in [0.3, 0.4) is 0 Å². The number of nitrogens with zero attached hydrogens (tertiary/aromatic N) is 3. The number of rotatable bonds is 4. The summed E-state index contributed by atoms with van der Waals surface area (Å²) in [5, 5.41) is 26.7. The van der Waals surface area contributed by atoms with Gasteiger partial charge in [0.2, 0.25) is 0 Å². The molecule has 3 unspecified atom stereocenters. The molecule has 0 saturated heterocycles. The number of aliphatic hydroxyl groups is 1. The molecule has 4 N–H and O–H groups in total. The van der Waals surface area contributed by atoms with E-state index in [0.29, 0.717) is 17.1 Å². The molecule has 0 amide bonds. The highest BCUT2D eigenvalue weighted by atomic mass is 19.1. The zero-order valence-corrected chi connectivity index (χ0v) is 13.2. The van der Waals surface area contributed by atoms with Crippen LogP contribution in [0.2, 0.25) is 0 Å². The highest BCUT2D eigenvalue weighted by Crippen LogP contribution is 2.35. The molecule has 2 aromatic rings. The van der Waals surface area contributed by atoms with Crippen molar-refractivity contribution in [2.24, 2.45) is 11.7 Å². The predicted molar refractivity (Wildman–Crippen MR) is 87.7 cm³/mol. The third kappa shape index (κ3) is 3.40. The smallest absolute Gasteiger partial charge is 0.159 e. The van der Waals surface area contributed by atoms with Crippen LogP contribution in [0, 0.1) is 23.1 Å². The summed E-state index contributed by atoms with van der Waals surface area (Å²) < 4.78 is 14.8. The first kappa shape index (κ1) is 16.4. The first-order chi connectivity index (χ1) is 11.6. The van der Waals surface area contributed by atoms with Crippen LogP contribution in [-0.4, -0.2) is 14.9 Å². The van der Waals surface area contributed by atoms with Crippen molar-refractivity contribution >= 4 is 11.5 Å². The van der Waals surface area contributed by atoms with Gasteiger partial charge in [-0.25, -0.2) is 4.39 Å². The van der Waals surface area contributed by atoms with E-state index >= 15 is 0 Å². The van der Waals surface area contributed by atoms with Gasteiger partial charge in [0.05, 0.1) is 23.6 Å². The van der Waals surface area contributed by atoms with Crippen molar-refractivity contribution in [3.63, 3.8) is 0 Å². The molecule has 0 radical (unpaired) electrons. The highest BCUT2D eigenvalue weighted by molar-refractivity contribution is 5.59. The molecule has 1 saturated carbocycles. The number of hydrogen-bond donors (Lipinski definition) is 3. The van der Waals surface area contributed by atoms with Crippen molar-refractivity contribution in [2.45, 2.75) is 38.0 Å². The number of aromatic nitrogens is 2. The van der Waals surface area contributed by atoms with Gasteiger partial charge in [0.25, 0.3) is 0 Å². The quantitative estimate of drug-likeness (QED) is 0.749. The number of halogens is 1. The van der Waals surface area contributed by atoms with Crippen LogP contribution >= 0.6 is 0 Å². The minimum Gasteiger partial charge on any atom is -0.374 e. The number of anilines is 2. The summed E-state index contributed by atoms with van der Waals surface area (Å²) in [5.74, 6) is -0.0109. The van der Waals surface area contributed by atoms with Crippen LogP contribution in [0.1, 0.15) is 43.5 Å². The third-order valence-corrected chi connectivity index (χ3v) is 4.42. The van der Waals surface area contributed by atoms with Crippen molar-refractivity contribution < 1.29 is 9.50 Å². The molecule has 24 heavy (non-hydrogen) atoms. The van der Waals surface area contributed by atoms with Gasteiger partial charge in [0.15, 0.2) is 5.82 Å². The number of hydrogen-bond acceptors (Lipinski definition) is 5. The Balaban J connectivity index is 1.90. The Morgan fingerprint density at radius 3 is 2.71 bits per heavy atom. The van der Waals surface area contributed by atoms with E-state index in [4.69, 9.17) is 5.73 Å². The molecule has 1 aliphatic rings. The fraction of sp³-hybridized carbons (Fsp3) is 0.412. The van der Waals surface area contributed by atoms with E-state index in [9.17, 15) is 14.8 Å². The Morgan fingerprint density at radius 1 is 1.33 bits per heavy atom. The zero-order valence-electron chi connectivity index (χ0n) is 13.2. The lowest BCUT2D eigenvalue weighted by atomic mass is 9.85. The molecule has 1 fully saturated rings. The molecule has 0 spiro atoms. The van der Waals surface area contributed by atoms with Gasteiger partial charge >= 0.3 is 0 Å². The van der Waals surface area contributed by atoms with Crippen molar-refractivity contribution in [3.05, 3.63) is 41.8 Å². The van der Waals surface area contributed by atoms with Crippen LogP contribution in [0.15, 0.2) is 30.5 Å². The second-order valence-corrected chi connectivity index (χ2v) is 6.08. The van der Waals surface area contributed by atoms with Gasteiger partial charge in [0, 0.05) is 11.9 Å². The van der Waals surface area contributed by atoms with Gasteiger partial charge in [-0.15, -0.1) is 0 Å². The largest absolute Gasteiger partial charge is 0.374 e. The molecule has 0 bridgehead atoms. The molecule has 1 heterocycles. The maximum absolute atomic E-state index is 13.0. The highest BCUT2D eigenvalue weighted by Gasteiger charge is 2.28. The molecule has 3 atom stereocenters. The van der Waals surface area contributed by atoms with Crippen LogP contribution in [-0.2, 0) is 0 Å². The van der Waals surface area contributed by atoms with Crippen LogP contribution in [0.5, 0.6) is 0 Å². The Morgan fingerprint density at radius 2 is 2.04 bits per heavy atom. The Hall–Kier alpha value is -2.43. The molecule has 1 aliphatic carbocycles. The van der Waals surface area contributed by atoms with E-state index in [2.05, 4.69) is 16.5 Å². The lowest BCUT2D eigenvalue weighted by molar-refractivity contribution is 0.186. The van der Waals surface area contributed by atoms with Crippen LogP contribution < -0.4 is 11.1 Å². The summed E-state index contributed by atoms with van der Waals surface area (Å²) in [5.41, 5.74) is 6.73. The van der Waals surface area contributed by atoms with E-state index in [1.54, 1.807) is 23.0 Å². The Labute approximate surface area is 139 Å². The summed E-state index contributed by atoms with van der Waals surface area (Å²) >= 11 is 0. The summed E-state index contributed by atoms with van der Waals surface area (Å²) in [6.45, 7) is 0. The topological polar surface area (TPSA) is 99.9 Å². The lowest BCUT2D eigenvalue weighted by Gasteiger charge is -2.26. The van der Waals surface area contributed by atoms with Gasteiger partial charge in [-0.05, 0) is 37.1 Å². The van der Waals surface area contributed by atoms with E-state index in [-0.39, 0.29) is 17.8 Å². The molecule has 1 aromatic heterocycles. The predicted octanol–water partition coefficient (Wildman–Crippen LogP) is 2.97. The molecule has 1 aromatic carbocycles. The van der Waals surface area contributed by atoms with Crippen LogP contribution in [0.4, 0.5) is 15.9 Å². The first-order valence-corrected chi connectivity index (χ1v) is 8.03. The number of nitriles is 1. The summed E-state index contributed by atoms with van der Waals surface area (Å²) in [6.07, 6.45) is 4.31. The maximum Gasteiger partial charge on any atom is 0.159 e. The second kappa shape index (κ2) is 6.99. The summed E-state index contributed by atoms with van der Waals surface area (Å²) in [6, 6.07) is 8.17. The minimum atomic E-state index is -1.19. The van der Waals surface area contributed by atoms with E-state index in [1.165, 1.54) is 12.1 Å². The van der Waals surface area contributed by atoms with Gasteiger partial charge in [-0.3, -0.25) is 4.68 Å². The molecular weight excluding hydrogens is 309 g/mol. The van der Waals surface area contributed by atoms with Gasteiger partial charge < -0.3 is 16.2 Å². The van der Waals surface area contributed by atoms with Gasteiger partial charge in [-0.2, -0.15) is 10.4 Å². The first-order valence-electron chi connectivity index (χ1n) is 8.03. The molecule has 6 nitrogen and oxygen atoms in total. The second-order valence-electron chi connectivity index (χ2n) is 6.08. The average molecular weight is 329 g/mol. The fourth-order valence-corrected chi connectivity index (χ4v) is 3.14. The van der Waals surface area contributed by atoms with Crippen molar-refractivity contribution in [1.29, 1.82) is 5.26 Å². The normalized spacial score (nSPS) is 21.9. The third-order valence-electron chi connectivity index (χ3n) is 4.42. The van der Waals surface area contributed by atoms with Crippen molar-refractivity contribution in [2.75, 3.05) is 5.32 Å². The lowest BCUT2D eigenvalue weighted by Crippen LogP contribution is -2.22. The van der Waals surface area contributed by atoms with Crippen molar-refractivity contribution in [3.8, 4) is 6.07 Å². The van der Waals surface area contributed by atoms with Gasteiger partial charge in [0.1, 0.15) is 12.0 Å². The number of aliphatic hydroxyl groups excluding tert-OH is 1. The average Bonchev–Trinajstić information content (AvgIpc) is 3.01. The van der Waals surface area contributed by atoms with E-state index < -0.39 is 6.23 Å². The standard InChI is InChI=1S/C17H20FN5O/c18-12-5-7-13(8-6-12)21-17-14(16(20)24)10-23(22-17)15-4-2-1-3-11(15)9-19/h5-8,10-11,15-16,24H,1-4,20H2,(H,21,22). The number of nitrogens with two attached hydrogens (primary N) is 1. The van der Waals surface area contributed by atoms with Gasteiger partial charge in [-0.1, -0.05) is 12.8 Å². The van der Waals surface area contributed by atoms with E-state index in [0.717, 1.165) is 25.7 Å². The zero-order chi connectivity index (χ0) is 17.1. The Kier molecular flexibility index (Phi) is 4.79. The number of benzene rings is 1. The van der Waals surface area contributed by atoms with Crippen LogP contribution in [0.25, 0.3) is 0 Å². The minimum absolute atomic E-state index is 0.0231. The number of nitrogens with one attached hydrogen (secondary N) is 1. The monoisotopic (exact) mass is 329 g/mol. The molecule has 126 valence electrons. The molecule has 0 aliphatic heterocycles. The Bertz CT molecular complexity index is 734. The SMILES string of the molecule is N#CC1CCCCC1n1cc(C(N)O)c(Nc2ccc(F)cc2)n1. The maximum atomic E-state index is 13.0. The molecule has 7 heteroatoms. The van der Waals surface area contributed by atoms with Crippen molar-refractivity contribution in [1.82, 2.24) is 9.78 Å². The summed E-state index contributed by atoms with van der Waals surface area (Å²) in [4.78, 5) is 0.